The van der Waals surface area contributed by atoms with Crippen molar-refractivity contribution in [1.82, 2.24) is 4.98 Å². The molecule has 0 N–H and O–H groups in total. The molecule has 2 aromatic rings. The molecule has 122 valence electrons. The van der Waals surface area contributed by atoms with E-state index >= 15 is 0 Å². The van der Waals surface area contributed by atoms with Crippen molar-refractivity contribution >= 4 is 32.6 Å². The summed E-state index contributed by atoms with van der Waals surface area (Å²) in [5.41, 5.74) is 0.880. The van der Waals surface area contributed by atoms with E-state index in [4.69, 9.17) is 9.47 Å². The fourth-order valence-corrected chi connectivity index (χ4v) is 3.90. The molecule has 0 spiro atoms. The SMILES string of the molecule is COc1ccc2sc(N(C[C@H]3CCCO3)C(=O)C3CC3)nc2c1. The molecular formula is C17H20N2O3S. The fraction of sp³-hybridized carbons (Fsp3) is 0.529. The van der Waals surface area contributed by atoms with Crippen molar-refractivity contribution in [3.63, 3.8) is 0 Å². The Labute approximate surface area is 139 Å². The molecule has 2 heterocycles. The van der Waals surface area contributed by atoms with Gasteiger partial charge in [-0.15, -0.1) is 0 Å². The van der Waals surface area contributed by atoms with Crippen LogP contribution in [0.15, 0.2) is 18.2 Å². The minimum atomic E-state index is 0.138. The fourth-order valence-electron chi connectivity index (χ4n) is 2.94. The van der Waals surface area contributed by atoms with Crippen LogP contribution in [0, 0.1) is 5.92 Å². The van der Waals surface area contributed by atoms with Crippen molar-refractivity contribution in [2.24, 2.45) is 5.92 Å². The Morgan fingerprint density at radius 1 is 1.43 bits per heavy atom. The second-order valence-corrected chi connectivity index (χ2v) is 7.20. The molecule has 1 aromatic heterocycles. The quantitative estimate of drug-likeness (QED) is 0.843. The molecule has 4 rings (SSSR count). The van der Waals surface area contributed by atoms with Crippen molar-refractivity contribution in [2.75, 3.05) is 25.2 Å². The Balaban J connectivity index is 1.65. The van der Waals surface area contributed by atoms with Crippen LogP contribution in [0.4, 0.5) is 5.13 Å². The number of fused-ring (bicyclic) bond motifs is 1. The second kappa shape index (κ2) is 6.09. The van der Waals surface area contributed by atoms with E-state index < -0.39 is 0 Å². The maximum absolute atomic E-state index is 12.7. The number of carbonyl (C=O) groups is 1. The summed E-state index contributed by atoms with van der Waals surface area (Å²) in [7, 11) is 1.65. The van der Waals surface area contributed by atoms with E-state index in [1.165, 1.54) is 0 Å². The molecule has 1 saturated heterocycles. The number of anilines is 1. The minimum absolute atomic E-state index is 0.138. The van der Waals surface area contributed by atoms with Crippen LogP contribution in [0.3, 0.4) is 0 Å². The van der Waals surface area contributed by atoms with E-state index in [1.54, 1.807) is 18.4 Å². The molecule has 0 bridgehead atoms. The van der Waals surface area contributed by atoms with Crippen LogP contribution in [0.2, 0.25) is 0 Å². The zero-order chi connectivity index (χ0) is 15.8. The van der Waals surface area contributed by atoms with E-state index in [1.807, 2.05) is 23.1 Å². The molecule has 5 nitrogen and oxygen atoms in total. The first-order valence-electron chi connectivity index (χ1n) is 8.12. The van der Waals surface area contributed by atoms with Gasteiger partial charge in [-0.25, -0.2) is 4.98 Å². The monoisotopic (exact) mass is 332 g/mol. The van der Waals surface area contributed by atoms with Gasteiger partial charge in [-0.2, -0.15) is 0 Å². The number of rotatable bonds is 5. The highest BCUT2D eigenvalue weighted by Gasteiger charge is 2.36. The largest absolute Gasteiger partial charge is 0.497 e. The number of amides is 1. The van der Waals surface area contributed by atoms with Gasteiger partial charge in [-0.3, -0.25) is 9.69 Å². The van der Waals surface area contributed by atoms with Crippen LogP contribution in [0.5, 0.6) is 5.75 Å². The Bertz CT molecular complexity index is 720. The van der Waals surface area contributed by atoms with Crippen molar-refractivity contribution in [1.29, 1.82) is 0 Å². The third-order valence-electron chi connectivity index (χ3n) is 4.42. The average molecular weight is 332 g/mol. The maximum atomic E-state index is 12.7. The average Bonchev–Trinajstić information content (AvgIpc) is 3.13. The summed E-state index contributed by atoms with van der Waals surface area (Å²) in [5.74, 6) is 1.16. The molecule has 1 aliphatic carbocycles. The van der Waals surface area contributed by atoms with Crippen LogP contribution >= 0.6 is 11.3 Å². The lowest BCUT2D eigenvalue weighted by molar-refractivity contribution is -0.120. The zero-order valence-electron chi connectivity index (χ0n) is 13.2. The summed E-state index contributed by atoms with van der Waals surface area (Å²) in [6.45, 7) is 1.42. The van der Waals surface area contributed by atoms with Gasteiger partial charge in [0.05, 0.1) is 30.0 Å². The van der Waals surface area contributed by atoms with Crippen molar-refractivity contribution in [2.45, 2.75) is 31.8 Å². The molecule has 2 aliphatic rings. The lowest BCUT2D eigenvalue weighted by Gasteiger charge is -2.22. The molecule has 6 heteroatoms. The van der Waals surface area contributed by atoms with Crippen LogP contribution in [-0.2, 0) is 9.53 Å². The van der Waals surface area contributed by atoms with Crippen LogP contribution < -0.4 is 9.64 Å². The lowest BCUT2D eigenvalue weighted by Crippen LogP contribution is -2.38. The highest BCUT2D eigenvalue weighted by atomic mass is 32.1. The third-order valence-corrected chi connectivity index (χ3v) is 5.48. The Kier molecular flexibility index (Phi) is 3.95. The number of hydrogen-bond acceptors (Lipinski definition) is 5. The van der Waals surface area contributed by atoms with Gasteiger partial charge in [0.2, 0.25) is 5.91 Å². The van der Waals surface area contributed by atoms with Gasteiger partial charge in [-0.05, 0) is 37.8 Å². The van der Waals surface area contributed by atoms with Crippen molar-refractivity contribution in [3.05, 3.63) is 18.2 Å². The van der Waals surface area contributed by atoms with Crippen molar-refractivity contribution in [3.8, 4) is 5.75 Å². The van der Waals surface area contributed by atoms with Crippen molar-refractivity contribution < 1.29 is 14.3 Å². The van der Waals surface area contributed by atoms with Gasteiger partial charge in [0.15, 0.2) is 5.13 Å². The molecule has 0 radical (unpaired) electrons. The normalized spacial score (nSPS) is 20.8. The number of benzene rings is 1. The predicted molar refractivity (Wildman–Crippen MR) is 90.2 cm³/mol. The molecule has 1 saturated carbocycles. The zero-order valence-corrected chi connectivity index (χ0v) is 14.0. The van der Waals surface area contributed by atoms with E-state index in [9.17, 15) is 4.79 Å². The van der Waals surface area contributed by atoms with Crippen LogP contribution in [-0.4, -0.2) is 37.3 Å². The molecule has 2 fully saturated rings. The number of ether oxygens (including phenoxy) is 2. The highest BCUT2D eigenvalue weighted by Crippen LogP contribution is 2.37. The number of hydrogen-bond donors (Lipinski definition) is 0. The van der Waals surface area contributed by atoms with Crippen LogP contribution in [0.1, 0.15) is 25.7 Å². The van der Waals surface area contributed by atoms with Gasteiger partial charge in [-0.1, -0.05) is 11.3 Å². The summed E-state index contributed by atoms with van der Waals surface area (Å²) in [6.07, 6.45) is 4.23. The summed E-state index contributed by atoms with van der Waals surface area (Å²) >= 11 is 1.56. The van der Waals surface area contributed by atoms with Gasteiger partial charge in [0.25, 0.3) is 0 Å². The van der Waals surface area contributed by atoms with E-state index in [-0.39, 0.29) is 17.9 Å². The van der Waals surface area contributed by atoms with E-state index in [0.29, 0.717) is 6.54 Å². The standard InChI is InChI=1S/C17H20N2O3S/c1-21-12-6-7-15-14(9-12)18-17(23-15)19(16(20)11-4-5-11)10-13-3-2-8-22-13/h6-7,9,11,13H,2-5,8,10H2,1H3/t13-/m1/s1. The Morgan fingerprint density at radius 3 is 3.00 bits per heavy atom. The summed E-state index contributed by atoms with van der Waals surface area (Å²) < 4.78 is 12.1. The summed E-state index contributed by atoms with van der Waals surface area (Å²) in [6, 6.07) is 5.85. The molecule has 1 aromatic carbocycles. The number of methoxy groups -OCH3 is 1. The molecule has 1 atom stereocenters. The van der Waals surface area contributed by atoms with Crippen LogP contribution in [0.25, 0.3) is 10.2 Å². The second-order valence-electron chi connectivity index (χ2n) is 6.19. The minimum Gasteiger partial charge on any atom is -0.497 e. The number of aromatic nitrogens is 1. The van der Waals surface area contributed by atoms with Gasteiger partial charge < -0.3 is 9.47 Å². The molecule has 1 amide bonds. The molecular weight excluding hydrogens is 312 g/mol. The summed E-state index contributed by atoms with van der Waals surface area (Å²) in [5, 5.41) is 0.778. The molecule has 23 heavy (non-hydrogen) atoms. The molecule has 0 unspecified atom stereocenters. The predicted octanol–water partition coefficient (Wildman–Crippen LogP) is 3.23. The lowest BCUT2D eigenvalue weighted by atomic mass is 10.2. The van der Waals surface area contributed by atoms with Gasteiger partial charge in [0.1, 0.15) is 5.75 Å². The topological polar surface area (TPSA) is 51.7 Å². The number of thiazole rings is 1. The molecule has 1 aliphatic heterocycles. The summed E-state index contributed by atoms with van der Waals surface area (Å²) in [4.78, 5) is 19.2. The van der Waals surface area contributed by atoms with Gasteiger partial charge in [0, 0.05) is 18.6 Å². The Hall–Kier alpha value is -1.66. The number of carbonyl (C=O) groups excluding carboxylic acids is 1. The van der Waals surface area contributed by atoms with Gasteiger partial charge >= 0.3 is 0 Å². The highest BCUT2D eigenvalue weighted by molar-refractivity contribution is 7.22. The maximum Gasteiger partial charge on any atom is 0.231 e. The van der Waals surface area contributed by atoms with E-state index in [2.05, 4.69) is 4.98 Å². The first kappa shape index (κ1) is 14.9. The first-order valence-corrected chi connectivity index (χ1v) is 8.94. The Morgan fingerprint density at radius 2 is 2.30 bits per heavy atom. The first-order chi connectivity index (χ1) is 11.2. The smallest absolute Gasteiger partial charge is 0.231 e. The van der Waals surface area contributed by atoms with E-state index in [0.717, 1.165) is 53.4 Å². The number of nitrogens with zero attached hydrogens (tertiary/aromatic N) is 2. The third kappa shape index (κ3) is 3.05.